The lowest BCUT2D eigenvalue weighted by Gasteiger charge is -2.15. The molecule has 1 aliphatic heterocycles. The quantitative estimate of drug-likeness (QED) is 0.657. The molecule has 1 aromatic rings. The molecule has 1 saturated heterocycles. The van der Waals surface area contributed by atoms with Gasteiger partial charge in [0.25, 0.3) is 0 Å². The molecule has 2 amide bonds. The van der Waals surface area contributed by atoms with E-state index in [0.717, 1.165) is 48.6 Å². The Morgan fingerprint density at radius 3 is 2.73 bits per heavy atom. The molecule has 1 fully saturated rings. The Morgan fingerprint density at radius 2 is 2.04 bits per heavy atom. The summed E-state index contributed by atoms with van der Waals surface area (Å²) in [4.78, 5) is 31.5. The number of nitrogens with one attached hydrogen (secondary N) is 1. The molecule has 1 aliphatic rings. The van der Waals surface area contributed by atoms with Crippen molar-refractivity contribution >= 4 is 34.4 Å². The fourth-order valence-electron chi connectivity index (χ4n) is 2.72. The van der Waals surface area contributed by atoms with Crippen LogP contribution in [0.1, 0.15) is 51.5 Å². The SMILES string of the molecule is CCCCN=C1S[C@H](CC(=O)Nc2cccc(C)c2)C(=O)N1CCCC. The van der Waals surface area contributed by atoms with Gasteiger partial charge in [-0.1, -0.05) is 50.6 Å². The van der Waals surface area contributed by atoms with Crippen LogP contribution in [0.5, 0.6) is 0 Å². The molecule has 0 saturated carbocycles. The van der Waals surface area contributed by atoms with Crippen LogP contribution in [0.15, 0.2) is 29.3 Å². The van der Waals surface area contributed by atoms with Gasteiger partial charge in [0, 0.05) is 25.2 Å². The Labute approximate surface area is 160 Å². The highest BCUT2D eigenvalue weighted by Crippen LogP contribution is 2.30. The molecule has 1 heterocycles. The summed E-state index contributed by atoms with van der Waals surface area (Å²) in [6.45, 7) is 7.63. The summed E-state index contributed by atoms with van der Waals surface area (Å²) in [7, 11) is 0. The monoisotopic (exact) mass is 375 g/mol. The number of benzene rings is 1. The number of carbonyl (C=O) groups is 2. The Morgan fingerprint density at radius 1 is 1.27 bits per heavy atom. The molecule has 142 valence electrons. The van der Waals surface area contributed by atoms with Crippen LogP contribution in [0.25, 0.3) is 0 Å². The molecule has 1 N–H and O–H groups in total. The second-order valence-corrected chi connectivity index (χ2v) is 7.76. The predicted molar refractivity (Wildman–Crippen MR) is 110 cm³/mol. The summed E-state index contributed by atoms with van der Waals surface area (Å²) >= 11 is 1.44. The number of unbranched alkanes of at least 4 members (excludes halogenated alkanes) is 2. The molecule has 2 rings (SSSR count). The highest BCUT2D eigenvalue weighted by atomic mass is 32.2. The van der Waals surface area contributed by atoms with Crippen LogP contribution in [-0.2, 0) is 9.59 Å². The Balaban J connectivity index is 2.00. The van der Waals surface area contributed by atoms with Gasteiger partial charge in [-0.15, -0.1) is 0 Å². The average Bonchev–Trinajstić information content (AvgIpc) is 2.88. The first-order chi connectivity index (χ1) is 12.5. The smallest absolute Gasteiger partial charge is 0.242 e. The van der Waals surface area contributed by atoms with Crippen LogP contribution in [0.4, 0.5) is 5.69 Å². The van der Waals surface area contributed by atoms with Gasteiger partial charge in [-0.2, -0.15) is 0 Å². The number of anilines is 1. The minimum atomic E-state index is -0.378. The molecule has 1 atom stereocenters. The first-order valence-electron chi connectivity index (χ1n) is 9.44. The zero-order chi connectivity index (χ0) is 18.9. The normalized spacial score (nSPS) is 18.6. The van der Waals surface area contributed by atoms with Gasteiger partial charge < -0.3 is 5.32 Å². The van der Waals surface area contributed by atoms with Crippen LogP contribution in [-0.4, -0.2) is 40.2 Å². The number of hydrogen-bond acceptors (Lipinski definition) is 4. The van der Waals surface area contributed by atoms with Crippen molar-refractivity contribution in [1.29, 1.82) is 0 Å². The van der Waals surface area contributed by atoms with Crippen molar-refractivity contribution in [2.24, 2.45) is 4.99 Å². The first kappa shape index (κ1) is 20.5. The first-order valence-corrected chi connectivity index (χ1v) is 10.3. The molecular weight excluding hydrogens is 346 g/mol. The fraction of sp³-hybridized carbons (Fsp3) is 0.550. The molecule has 0 aliphatic carbocycles. The van der Waals surface area contributed by atoms with Crippen molar-refractivity contribution in [3.63, 3.8) is 0 Å². The predicted octanol–water partition coefficient (Wildman–Crippen LogP) is 4.22. The van der Waals surface area contributed by atoms with Gasteiger partial charge in [0.05, 0.1) is 0 Å². The van der Waals surface area contributed by atoms with E-state index in [1.54, 1.807) is 4.90 Å². The number of aryl methyl sites for hydroxylation is 1. The van der Waals surface area contributed by atoms with Crippen molar-refractivity contribution in [2.75, 3.05) is 18.4 Å². The van der Waals surface area contributed by atoms with Gasteiger partial charge in [-0.25, -0.2) is 0 Å². The number of rotatable bonds is 9. The molecule has 0 aromatic heterocycles. The van der Waals surface area contributed by atoms with E-state index in [-0.39, 0.29) is 23.5 Å². The van der Waals surface area contributed by atoms with Crippen LogP contribution < -0.4 is 5.32 Å². The molecule has 26 heavy (non-hydrogen) atoms. The third-order valence-electron chi connectivity index (χ3n) is 4.19. The highest BCUT2D eigenvalue weighted by Gasteiger charge is 2.38. The number of amidine groups is 1. The number of carbonyl (C=O) groups excluding carboxylic acids is 2. The zero-order valence-electron chi connectivity index (χ0n) is 16.0. The lowest BCUT2D eigenvalue weighted by molar-refractivity contribution is -0.128. The number of amides is 2. The number of hydrogen-bond donors (Lipinski definition) is 1. The Hall–Kier alpha value is -1.82. The van der Waals surface area contributed by atoms with E-state index in [1.165, 1.54) is 11.8 Å². The Bertz CT molecular complexity index is 660. The topological polar surface area (TPSA) is 61.8 Å². The minimum Gasteiger partial charge on any atom is -0.326 e. The van der Waals surface area contributed by atoms with Gasteiger partial charge in [-0.3, -0.25) is 19.5 Å². The molecule has 0 bridgehead atoms. The standard InChI is InChI=1S/C20H29N3O2S/c1-4-6-11-21-20-23(12-7-5-2)19(25)17(26-20)14-18(24)22-16-10-8-9-15(3)13-16/h8-10,13,17H,4-7,11-12,14H2,1-3H3,(H,22,24)/t17-/m1/s1. The molecule has 5 nitrogen and oxygen atoms in total. The van der Waals surface area contributed by atoms with Crippen molar-refractivity contribution < 1.29 is 9.59 Å². The van der Waals surface area contributed by atoms with Gasteiger partial charge in [0.2, 0.25) is 11.8 Å². The van der Waals surface area contributed by atoms with E-state index < -0.39 is 0 Å². The summed E-state index contributed by atoms with van der Waals surface area (Å²) in [5.74, 6) is -0.121. The average molecular weight is 376 g/mol. The molecule has 6 heteroatoms. The fourth-order valence-corrected chi connectivity index (χ4v) is 3.91. The van der Waals surface area contributed by atoms with E-state index in [2.05, 4.69) is 24.2 Å². The molecule has 0 unspecified atom stereocenters. The number of aliphatic imine (C=N–C) groups is 1. The molecule has 0 spiro atoms. The van der Waals surface area contributed by atoms with Crippen molar-refractivity contribution in [1.82, 2.24) is 4.90 Å². The van der Waals surface area contributed by atoms with Gasteiger partial charge in [-0.05, 0) is 37.5 Å². The van der Waals surface area contributed by atoms with Crippen molar-refractivity contribution in [2.45, 2.75) is 58.1 Å². The maximum absolute atomic E-state index is 12.7. The van der Waals surface area contributed by atoms with Gasteiger partial charge in [0.15, 0.2) is 5.17 Å². The lowest BCUT2D eigenvalue weighted by Crippen LogP contribution is -2.34. The summed E-state index contributed by atoms with van der Waals surface area (Å²) in [6.07, 6.45) is 4.23. The summed E-state index contributed by atoms with van der Waals surface area (Å²) in [5, 5.41) is 3.30. The second kappa shape index (κ2) is 10.4. The molecule has 1 aromatic carbocycles. The van der Waals surface area contributed by atoms with Crippen LogP contribution in [0, 0.1) is 6.92 Å². The zero-order valence-corrected chi connectivity index (χ0v) is 16.8. The van der Waals surface area contributed by atoms with Crippen LogP contribution in [0.3, 0.4) is 0 Å². The summed E-state index contributed by atoms with van der Waals surface area (Å²) in [5.41, 5.74) is 1.86. The minimum absolute atomic E-state index is 0.0121. The number of nitrogens with zero attached hydrogens (tertiary/aromatic N) is 2. The van der Waals surface area contributed by atoms with E-state index in [9.17, 15) is 9.59 Å². The van der Waals surface area contributed by atoms with Gasteiger partial charge in [0.1, 0.15) is 5.25 Å². The summed E-state index contributed by atoms with van der Waals surface area (Å²) < 4.78 is 0. The van der Waals surface area contributed by atoms with Crippen LogP contribution in [0.2, 0.25) is 0 Å². The van der Waals surface area contributed by atoms with E-state index in [4.69, 9.17) is 0 Å². The lowest BCUT2D eigenvalue weighted by atomic mass is 10.2. The highest BCUT2D eigenvalue weighted by molar-refractivity contribution is 8.15. The van der Waals surface area contributed by atoms with Crippen molar-refractivity contribution in [3.8, 4) is 0 Å². The largest absolute Gasteiger partial charge is 0.326 e. The third kappa shape index (κ3) is 5.87. The molecule has 0 radical (unpaired) electrons. The van der Waals surface area contributed by atoms with E-state index in [0.29, 0.717) is 6.54 Å². The molecular formula is C20H29N3O2S. The number of thioether (sulfide) groups is 1. The van der Waals surface area contributed by atoms with Gasteiger partial charge >= 0.3 is 0 Å². The Kier molecular flexibility index (Phi) is 8.16. The van der Waals surface area contributed by atoms with E-state index in [1.807, 2.05) is 31.2 Å². The third-order valence-corrected chi connectivity index (χ3v) is 5.40. The maximum atomic E-state index is 12.7. The van der Waals surface area contributed by atoms with Crippen molar-refractivity contribution in [3.05, 3.63) is 29.8 Å². The maximum Gasteiger partial charge on any atom is 0.242 e. The van der Waals surface area contributed by atoms with Crippen LogP contribution >= 0.6 is 11.8 Å². The second-order valence-electron chi connectivity index (χ2n) is 6.59. The van der Waals surface area contributed by atoms with E-state index >= 15 is 0 Å². The summed E-state index contributed by atoms with van der Waals surface area (Å²) in [6, 6.07) is 7.68.